The maximum absolute atomic E-state index is 12.9. The Labute approximate surface area is 167 Å². The average molecular weight is 395 g/mol. The first-order chi connectivity index (χ1) is 13.7. The van der Waals surface area contributed by atoms with E-state index in [9.17, 15) is 24.5 Å². The van der Waals surface area contributed by atoms with Gasteiger partial charge in [0.15, 0.2) is 5.78 Å². The zero-order valence-electron chi connectivity index (χ0n) is 16.4. The van der Waals surface area contributed by atoms with E-state index in [0.29, 0.717) is 5.92 Å². The zero-order chi connectivity index (χ0) is 21.3. The lowest BCUT2D eigenvalue weighted by molar-refractivity contribution is -0.385. The maximum Gasteiger partial charge on any atom is 0.345 e. The Hall–Kier alpha value is -3.35. The van der Waals surface area contributed by atoms with Crippen LogP contribution in [-0.2, 0) is 4.74 Å². The van der Waals surface area contributed by atoms with Gasteiger partial charge in [0.05, 0.1) is 11.5 Å². The molecule has 1 unspecified atom stereocenters. The van der Waals surface area contributed by atoms with Gasteiger partial charge in [-0.05, 0) is 30.4 Å². The van der Waals surface area contributed by atoms with Gasteiger partial charge in [0.1, 0.15) is 11.1 Å². The van der Waals surface area contributed by atoms with Crippen molar-refractivity contribution in [3.8, 4) is 0 Å². The SMILES string of the molecule is CC(C)CC(C)COC(=O)c1ccc2c(c1[N+](=O)[O-])C(=O)c1ccccc1C2=O. The topological polar surface area (TPSA) is 104 Å². The monoisotopic (exact) mass is 395 g/mol. The number of benzene rings is 2. The number of ketones is 2. The molecule has 0 radical (unpaired) electrons. The molecule has 2 aromatic carbocycles. The minimum absolute atomic E-state index is 0.0786. The first kappa shape index (κ1) is 20.4. The minimum Gasteiger partial charge on any atom is -0.462 e. The van der Waals surface area contributed by atoms with Gasteiger partial charge in [0, 0.05) is 16.7 Å². The minimum atomic E-state index is -0.880. The number of nitrogens with zero attached hydrogens (tertiary/aromatic N) is 1. The fourth-order valence-electron chi connectivity index (χ4n) is 3.69. The van der Waals surface area contributed by atoms with Crippen LogP contribution in [0.4, 0.5) is 5.69 Å². The van der Waals surface area contributed by atoms with Gasteiger partial charge in [0.2, 0.25) is 5.78 Å². The van der Waals surface area contributed by atoms with Crippen molar-refractivity contribution in [2.45, 2.75) is 27.2 Å². The third-order valence-electron chi connectivity index (χ3n) is 4.84. The van der Waals surface area contributed by atoms with Gasteiger partial charge in [-0.3, -0.25) is 19.7 Å². The molecular formula is C22H21NO6. The largest absolute Gasteiger partial charge is 0.462 e. The first-order valence-electron chi connectivity index (χ1n) is 9.39. The lowest BCUT2D eigenvalue weighted by Gasteiger charge is -2.18. The van der Waals surface area contributed by atoms with Crippen LogP contribution in [0.5, 0.6) is 0 Å². The highest BCUT2D eigenvalue weighted by Gasteiger charge is 2.39. The molecule has 7 heteroatoms. The Morgan fingerprint density at radius 1 is 1.00 bits per heavy atom. The Kier molecular flexibility index (Phi) is 5.59. The fourth-order valence-corrected chi connectivity index (χ4v) is 3.69. The van der Waals surface area contributed by atoms with Gasteiger partial charge in [-0.2, -0.15) is 0 Å². The Bertz CT molecular complexity index is 1020. The van der Waals surface area contributed by atoms with Crippen molar-refractivity contribution in [3.63, 3.8) is 0 Å². The molecule has 0 amide bonds. The van der Waals surface area contributed by atoms with E-state index in [1.54, 1.807) is 12.1 Å². The number of carbonyl (C=O) groups excluding carboxylic acids is 3. The van der Waals surface area contributed by atoms with E-state index in [1.807, 2.05) is 20.8 Å². The molecule has 0 bridgehead atoms. The van der Waals surface area contributed by atoms with Crippen molar-refractivity contribution in [1.82, 2.24) is 0 Å². The normalized spacial score (nSPS) is 13.7. The summed E-state index contributed by atoms with van der Waals surface area (Å²) in [5.74, 6) is -1.50. The number of rotatable bonds is 6. The van der Waals surface area contributed by atoms with Gasteiger partial charge >= 0.3 is 5.97 Å². The Morgan fingerprint density at radius 2 is 1.62 bits per heavy atom. The number of esters is 1. The summed E-state index contributed by atoms with van der Waals surface area (Å²) in [7, 11) is 0. The van der Waals surface area contributed by atoms with Crippen LogP contribution in [0.15, 0.2) is 36.4 Å². The van der Waals surface area contributed by atoms with E-state index in [1.165, 1.54) is 24.3 Å². The van der Waals surface area contributed by atoms with Gasteiger partial charge < -0.3 is 4.74 Å². The second kappa shape index (κ2) is 7.95. The highest BCUT2D eigenvalue weighted by molar-refractivity contribution is 6.30. The van der Waals surface area contributed by atoms with E-state index >= 15 is 0 Å². The summed E-state index contributed by atoms with van der Waals surface area (Å²) in [5.41, 5.74) is -1.17. The highest BCUT2D eigenvalue weighted by atomic mass is 16.6. The summed E-state index contributed by atoms with van der Waals surface area (Å²) in [4.78, 5) is 49.2. The van der Waals surface area contributed by atoms with Crippen LogP contribution in [0.1, 0.15) is 69.4 Å². The van der Waals surface area contributed by atoms with Crippen LogP contribution in [0.25, 0.3) is 0 Å². The summed E-state index contributed by atoms with van der Waals surface area (Å²) in [6.45, 7) is 6.13. The van der Waals surface area contributed by atoms with Gasteiger partial charge in [-0.15, -0.1) is 0 Å². The fraction of sp³-hybridized carbons (Fsp3) is 0.318. The summed E-state index contributed by atoms with van der Waals surface area (Å²) >= 11 is 0. The van der Waals surface area contributed by atoms with Crippen molar-refractivity contribution in [1.29, 1.82) is 0 Å². The number of nitro groups is 1. The molecule has 1 atom stereocenters. The summed E-state index contributed by atoms with van der Waals surface area (Å²) in [5, 5.41) is 11.8. The Morgan fingerprint density at radius 3 is 2.21 bits per heavy atom. The lowest BCUT2D eigenvalue weighted by atomic mass is 9.82. The molecule has 0 spiro atoms. The average Bonchev–Trinajstić information content (AvgIpc) is 2.68. The van der Waals surface area contributed by atoms with E-state index < -0.39 is 28.1 Å². The van der Waals surface area contributed by atoms with E-state index in [0.717, 1.165) is 6.42 Å². The second-order valence-electron chi connectivity index (χ2n) is 7.68. The molecule has 150 valence electrons. The lowest BCUT2D eigenvalue weighted by Crippen LogP contribution is -2.24. The van der Waals surface area contributed by atoms with Crippen molar-refractivity contribution in [3.05, 3.63) is 74.3 Å². The number of nitro benzene ring substituents is 1. The highest BCUT2D eigenvalue weighted by Crippen LogP contribution is 2.35. The molecular weight excluding hydrogens is 374 g/mol. The van der Waals surface area contributed by atoms with E-state index in [-0.39, 0.29) is 40.3 Å². The van der Waals surface area contributed by atoms with E-state index in [4.69, 9.17) is 4.74 Å². The van der Waals surface area contributed by atoms with Gasteiger partial charge in [-0.1, -0.05) is 45.0 Å². The van der Waals surface area contributed by atoms with Crippen LogP contribution in [-0.4, -0.2) is 29.1 Å². The smallest absolute Gasteiger partial charge is 0.345 e. The van der Waals surface area contributed by atoms with Crippen molar-refractivity contribution < 1.29 is 24.0 Å². The number of hydrogen-bond acceptors (Lipinski definition) is 6. The van der Waals surface area contributed by atoms with Crippen LogP contribution in [0.3, 0.4) is 0 Å². The quantitative estimate of drug-likeness (QED) is 0.352. The predicted octanol–water partition coefficient (Wildman–Crippen LogP) is 4.21. The molecule has 0 saturated heterocycles. The van der Waals surface area contributed by atoms with Crippen LogP contribution < -0.4 is 0 Å². The molecule has 0 fully saturated rings. The van der Waals surface area contributed by atoms with Crippen LogP contribution in [0.2, 0.25) is 0 Å². The standard InChI is InChI=1S/C22H21NO6/c1-12(2)10-13(3)11-29-22(26)17-9-8-16-18(19(17)23(27)28)21(25)15-7-5-4-6-14(15)20(16)24/h4-9,12-13H,10-11H2,1-3H3. The van der Waals surface area contributed by atoms with Crippen molar-refractivity contribution in [2.24, 2.45) is 11.8 Å². The van der Waals surface area contributed by atoms with Crippen LogP contribution in [0, 0.1) is 22.0 Å². The molecule has 0 saturated carbocycles. The van der Waals surface area contributed by atoms with Crippen molar-refractivity contribution >= 4 is 23.2 Å². The Balaban J connectivity index is 2.02. The molecule has 0 heterocycles. The molecule has 0 N–H and O–H groups in total. The molecule has 0 aliphatic heterocycles. The molecule has 2 aromatic rings. The first-order valence-corrected chi connectivity index (χ1v) is 9.39. The zero-order valence-corrected chi connectivity index (χ0v) is 16.4. The molecule has 1 aliphatic carbocycles. The maximum atomic E-state index is 12.9. The van der Waals surface area contributed by atoms with Crippen LogP contribution >= 0.6 is 0 Å². The second-order valence-corrected chi connectivity index (χ2v) is 7.68. The molecule has 0 aromatic heterocycles. The summed E-state index contributed by atoms with van der Waals surface area (Å²) in [6.07, 6.45) is 0.837. The van der Waals surface area contributed by atoms with Crippen molar-refractivity contribution in [2.75, 3.05) is 6.61 Å². The molecule has 3 rings (SSSR count). The number of ether oxygens (including phenoxy) is 1. The predicted molar refractivity (Wildman–Crippen MR) is 105 cm³/mol. The molecule has 29 heavy (non-hydrogen) atoms. The third-order valence-corrected chi connectivity index (χ3v) is 4.84. The number of hydrogen-bond donors (Lipinski definition) is 0. The number of fused-ring (bicyclic) bond motifs is 2. The third kappa shape index (κ3) is 3.81. The van der Waals surface area contributed by atoms with E-state index in [2.05, 4.69) is 0 Å². The molecule has 1 aliphatic rings. The number of carbonyl (C=O) groups is 3. The van der Waals surface area contributed by atoms with Gasteiger partial charge in [0.25, 0.3) is 5.69 Å². The summed E-state index contributed by atoms with van der Waals surface area (Å²) in [6, 6.07) is 8.62. The molecule has 7 nitrogen and oxygen atoms in total. The van der Waals surface area contributed by atoms with Gasteiger partial charge in [-0.25, -0.2) is 4.79 Å². The summed E-state index contributed by atoms with van der Waals surface area (Å²) < 4.78 is 5.26.